The molecule has 160 valence electrons. The standard InChI is InChI=1S/C22H28FN5O2/c1-4-21(29)27(3)18-9-10-28(14-18)13-16-6-8-19(23)20(11-16)26-22(30)25-17-7-5-15(2)24-12-17/h5-8,11-12,18H,4,9-10,13-14H2,1-3H3,(H2,25,26,30)/t18-/m1/s1. The molecule has 1 aromatic heterocycles. The summed E-state index contributed by atoms with van der Waals surface area (Å²) in [6.07, 6.45) is 2.97. The number of aryl methyl sites for hydroxylation is 1. The predicted octanol–water partition coefficient (Wildman–Crippen LogP) is 3.62. The Morgan fingerprint density at radius 1 is 1.27 bits per heavy atom. The summed E-state index contributed by atoms with van der Waals surface area (Å²) in [5.41, 5.74) is 2.39. The fourth-order valence-electron chi connectivity index (χ4n) is 3.58. The van der Waals surface area contributed by atoms with Crippen LogP contribution in [0, 0.1) is 12.7 Å². The summed E-state index contributed by atoms with van der Waals surface area (Å²) in [4.78, 5) is 32.3. The van der Waals surface area contributed by atoms with E-state index in [9.17, 15) is 14.0 Å². The molecule has 3 amide bonds. The molecule has 1 aromatic carbocycles. The zero-order valence-electron chi connectivity index (χ0n) is 17.6. The van der Waals surface area contributed by atoms with Gasteiger partial charge in [-0.05, 0) is 43.2 Å². The molecule has 1 saturated heterocycles. The van der Waals surface area contributed by atoms with Crippen molar-refractivity contribution in [3.63, 3.8) is 0 Å². The van der Waals surface area contributed by atoms with Crippen molar-refractivity contribution in [2.24, 2.45) is 0 Å². The second kappa shape index (κ2) is 9.67. The third kappa shape index (κ3) is 5.54. The van der Waals surface area contributed by atoms with Gasteiger partial charge >= 0.3 is 6.03 Å². The first-order chi connectivity index (χ1) is 14.4. The average Bonchev–Trinajstić information content (AvgIpc) is 3.19. The van der Waals surface area contributed by atoms with Gasteiger partial charge in [0.15, 0.2) is 0 Å². The number of benzene rings is 1. The molecule has 1 fully saturated rings. The van der Waals surface area contributed by atoms with E-state index in [1.807, 2.05) is 25.8 Å². The van der Waals surface area contributed by atoms with Crippen molar-refractivity contribution in [3.05, 3.63) is 53.6 Å². The van der Waals surface area contributed by atoms with Gasteiger partial charge in [-0.15, -0.1) is 0 Å². The maximum Gasteiger partial charge on any atom is 0.323 e. The molecule has 0 saturated carbocycles. The number of aromatic nitrogens is 1. The molecule has 1 aliphatic rings. The lowest BCUT2D eigenvalue weighted by Gasteiger charge is -2.24. The minimum Gasteiger partial charge on any atom is -0.341 e. The first kappa shape index (κ1) is 21.7. The molecule has 0 unspecified atom stereocenters. The lowest BCUT2D eigenvalue weighted by atomic mass is 10.2. The van der Waals surface area contributed by atoms with E-state index in [0.29, 0.717) is 18.7 Å². The van der Waals surface area contributed by atoms with Crippen molar-refractivity contribution < 1.29 is 14.0 Å². The van der Waals surface area contributed by atoms with Crippen molar-refractivity contribution in [1.82, 2.24) is 14.8 Å². The summed E-state index contributed by atoms with van der Waals surface area (Å²) < 4.78 is 14.2. The number of pyridine rings is 1. The predicted molar refractivity (Wildman–Crippen MR) is 115 cm³/mol. The highest BCUT2D eigenvalue weighted by Crippen LogP contribution is 2.21. The zero-order valence-corrected chi connectivity index (χ0v) is 17.6. The van der Waals surface area contributed by atoms with Gasteiger partial charge in [0.2, 0.25) is 5.91 Å². The number of carbonyl (C=O) groups is 2. The highest BCUT2D eigenvalue weighted by atomic mass is 19.1. The molecule has 1 aliphatic heterocycles. The number of anilines is 2. The highest BCUT2D eigenvalue weighted by Gasteiger charge is 2.27. The Morgan fingerprint density at radius 3 is 2.77 bits per heavy atom. The van der Waals surface area contributed by atoms with Gasteiger partial charge in [-0.25, -0.2) is 9.18 Å². The van der Waals surface area contributed by atoms with E-state index in [1.54, 1.807) is 30.5 Å². The van der Waals surface area contributed by atoms with Crippen LogP contribution in [0.4, 0.5) is 20.6 Å². The normalized spacial score (nSPS) is 16.3. The number of carbonyl (C=O) groups excluding carboxylic acids is 2. The second-order valence-corrected chi connectivity index (χ2v) is 7.62. The Labute approximate surface area is 176 Å². The molecular formula is C22H28FN5O2. The molecule has 3 rings (SSSR count). The molecule has 7 nitrogen and oxygen atoms in total. The molecule has 0 bridgehead atoms. The van der Waals surface area contributed by atoms with Crippen molar-refractivity contribution in [3.8, 4) is 0 Å². The maximum atomic E-state index is 14.2. The Kier molecular flexibility index (Phi) is 6.99. The quantitative estimate of drug-likeness (QED) is 0.758. The van der Waals surface area contributed by atoms with Crippen LogP contribution >= 0.6 is 0 Å². The first-order valence-corrected chi connectivity index (χ1v) is 10.1. The molecule has 0 radical (unpaired) electrons. The van der Waals surface area contributed by atoms with Crippen LogP contribution in [-0.2, 0) is 11.3 Å². The maximum absolute atomic E-state index is 14.2. The van der Waals surface area contributed by atoms with Gasteiger partial charge in [0, 0.05) is 44.8 Å². The number of hydrogen-bond donors (Lipinski definition) is 2. The number of rotatable bonds is 6. The van der Waals surface area contributed by atoms with Crippen LogP contribution in [0.15, 0.2) is 36.5 Å². The van der Waals surface area contributed by atoms with Crippen molar-refractivity contribution in [2.75, 3.05) is 30.8 Å². The SMILES string of the molecule is CCC(=O)N(C)[C@@H]1CCN(Cc2ccc(F)c(NC(=O)Nc3ccc(C)nc3)c2)C1. The molecular weight excluding hydrogens is 385 g/mol. The lowest BCUT2D eigenvalue weighted by molar-refractivity contribution is -0.131. The van der Waals surface area contributed by atoms with E-state index in [1.165, 1.54) is 6.07 Å². The van der Waals surface area contributed by atoms with Crippen molar-refractivity contribution in [1.29, 1.82) is 0 Å². The van der Waals surface area contributed by atoms with Crippen LogP contribution in [0.5, 0.6) is 0 Å². The topological polar surface area (TPSA) is 77.6 Å². The van der Waals surface area contributed by atoms with E-state index >= 15 is 0 Å². The smallest absolute Gasteiger partial charge is 0.323 e. The zero-order chi connectivity index (χ0) is 21.7. The molecule has 2 aromatic rings. The third-order valence-electron chi connectivity index (χ3n) is 5.35. The van der Waals surface area contributed by atoms with Gasteiger partial charge in [-0.2, -0.15) is 0 Å². The fourth-order valence-corrected chi connectivity index (χ4v) is 3.58. The average molecular weight is 413 g/mol. The number of amides is 3. The Bertz CT molecular complexity index is 903. The van der Waals surface area contributed by atoms with Gasteiger partial charge in [-0.3, -0.25) is 14.7 Å². The van der Waals surface area contributed by atoms with Crippen LogP contribution < -0.4 is 10.6 Å². The lowest BCUT2D eigenvalue weighted by Crippen LogP contribution is -2.38. The second-order valence-electron chi connectivity index (χ2n) is 7.62. The van der Waals surface area contributed by atoms with E-state index in [2.05, 4.69) is 20.5 Å². The van der Waals surface area contributed by atoms with Crippen LogP contribution in [0.1, 0.15) is 31.0 Å². The number of nitrogens with zero attached hydrogens (tertiary/aromatic N) is 3. The van der Waals surface area contributed by atoms with Crippen molar-refractivity contribution >= 4 is 23.3 Å². The van der Waals surface area contributed by atoms with Crippen LogP contribution in [0.2, 0.25) is 0 Å². The van der Waals surface area contributed by atoms with Gasteiger partial charge < -0.3 is 15.5 Å². The first-order valence-electron chi connectivity index (χ1n) is 10.1. The number of likely N-dealkylation sites (tertiary alicyclic amines) is 1. The molecule has 0 aliphatic carbocycles. The molecule has 2 N–H and O–H groups in total. The van der Waals surface area contributed by atoms with E-state index in [4.69, 9.17) is 0 Å². The molecule has 2 heterocycles. The summed E-state index contributed by atoms with van der Waals surface area (Å²) in [5, 5.41) is 5.21. The monoisotopic (exact) mass is 413 g/mol. The number of urea groups is 1. The minimum absolute atomic E-state index is 0.124. The largest absolute Gasteiger partial charge is 0.341 e. The summed E-state index contributed by atoms with van der Waals surface area (Å²) in [5.74, 6) is -0.353. The number of likely N-dealkylation sites (N-methyl/N-ethyl adjacent to an activating group) is 1. The fraction of sp³-hybridized carbons (Fsp3) is 0.409. The van der Waals surface area contributed by atoms with Crippen LogP contribution in [0.3, 0.4) is 0 Å². The molecule has 0 spiro atoms. The van der Waals surface area contributed by atoms with Crippen molar-refractivity contribution in [2.45, 2.75) is 39.3 Å². The highest BCUT2D eigenvalue weighted by molar-refractivity contribution is 5.99. The van der Waals surface area contributed by atoms with Gasteiger partial charge in [0.05, 0.1) is 17.6 Å². The Balaban J connectivity index is 1.59. The molecule has 1 atom stereocenters. The Hall–Kier alpha value is -3.00. The van der Waals surface area contributed by atoms with Gasteiger partial charge in [-0.1, -0.05) is 13.0 Å². The van der Waals surface area contributed by atoms with Gasteiger partial charge in [0.25, 0.3) is 0 Å². The summed E-state index contributed by atoms with van der Waals surface area (Å²) in [7, 11) is 1.85. The van der Waals surface area contributed by atoms with Crippen LogP contribution in [0.25, 0.3) is 0 Å². The van der Waals surface area contributed by atoms with E-state index in [0.717, 1.165) is 30.8 Å². The third-order valence-corrected chi connectivity index (χ3v) is 5.35. The van der Waals surface area contributed by atoms with Crippen LogP contribution in [-0.4, -0.2) is 52.9 Å². The number of hydrogen-bond acceptors (Lipinski definition) is 4. The minimum atomic E-state index is -0.530. The molecule has 8 heteroatoms. The summed E-state index contributed by atoms with van der Waals surface area (Å²) >= 11 is 0. The summed E-state index contributed by atoms with van der Waals surface area (Å²) in [6.45, 7) is 6.00. The Morgan fingerprint density at radius 2 is 2.07 bits per heavy atom. The number of nitrogens with one attached hydrogen (secondary N) is 2. The van der Waals surface area contributed by atoms with E-state index in [-0.39, 0.29) is 17.6 Å². The summed E-state index contributed by atoms with van der Waals surface area (Å²) in [6, 6.07) is 7.91. The number of halogens is 1. The van der Waals surface area contributed by atoms with Gasteiger partial charge in [0.1, 0.15) is 5.82 Å². The van der Waals surface area contributed by atoms with E-state index < -0.39 is 11.8 Å². The molecule has 30 heavy (non-hydrogen) atoms.